The Morgan fingerprint density at radius 2 is 1.74 bits per heavy atom. The fourth-order valence-corrected chi connectivity index (χ4v) is 3.82. The van der Waals surface area contributed by atoms with Crippen LogP contribution in [0.5, 0.6) is 0 Å². The zero-order valence-corrected chi connectivity index (χ0v) is 22.9. The van der Waals surface area contributed by atoms with E-state index in [2.05, 4.69) is 43.4 Å². The molecule has 3 rings (SSSR count). The summed E-state index contributed by atoms with van der Waals surface area (Å²) in [5.41, 5.74) is 9.59. The molecule has 0 aliphatic carbocycles. The number of H-pyrrole nitrogens is 1. The van der Waals surface area contributed by atoms with Gasteiger partial charge in [-0.3, -0.25) is 0 Å². The maximum Gasteiger partial charge on any atom is 0.416 e. The predicted molar refractivity (Wildman–Crippen MR) is 154 cm³/mol. The van der Waals surface area contributed by atoms with Gasteiger partial charge in [-0.05, 0) is 54.0 Å². The van der Waals surface area contributed by atoms with Crippen LogP contribution in [-0.2, 0) is 19.0 Å². The molecule has 0 fully saturated rings. The Kier molecular flexibility index (Phi) is 12.3. The van der Waals surface area contributed by atoms with Gasteiger partial charge in [-0.15, -0.1) is 0 Å². The summed E-state index contributed by atoms with van der Waals surface area (Å²) >= 11 is 0. The molecule has 2 aromatic carbocycles. The van der Waals surface area contributed by atoms with E-state index in [1.54, 1.807) is 18.2 Å². The van der Waals surface area contributed by atoms with Crippen LogP contribution in [0.3, 0.4) is 0 Å². The first-order chi connectivity index (χ1) is 18.2. The molecule has 0 spiro atoms. The van der Waals surface area contributed by atoms with Crippen molar-refractivity contribution in [1.82, 2.24) is 9.97 Å². The van der Waals surface area contributed by atoms with E-state index in [-0.39, 0.29) is 18.0 Å². The number of benzene rings is 2. The van der Waals surface area contributed by atoms with Crippen LogP contribution < -0.4 is 5.73 Å². The number of aryl methyl sites for hydroxylation is 2. The third-order valence-electron chi connectivity index (χ3n) is 5.95. The summed E-state index contributed by atoms with van der Waals surface area (Å²) in [5.74, 6) is 0.569. The number of allylic oxidation sites excluding steroid dienone is 5. The van der Waals surface area contributed by atoms with E-state index in [1.165, 1.54) is 18.7 Å². The van der Waals surface area contributed by atoms with Crippen molar-refractivity contribution in [2.45, 2.75) is 72.0 Å². The molecule has 1 atom stereocenters. The number of nitrogens with two attached hydrogens (primary N) is 1. The number of halogens is 3. The van der Waals surface area contributed by atoms with Crippen molar-refractivity contribution < 1.29 is 13.2 Å². The predicted octanol–water partition coefficient (Wildman–Crippen LogP) is 9.24. The number of hydrogen-bond acceptors (Lipinski definition) is 2. The number of alkyl halides is 3. The molecule has 3 aromatic rings. The Bertz CT molecular complexity index is 1200. The molecule has 1 unspecified atom stereocenters. The lowest BCUT2D eigenvalue weighted by Crippen LogP contribution is -2.11. The Labute approximate surface area is 225 Å². The Morgan fingerprint density at radius 1 is 1.05 bits per heavy atom. The third-order valence-corrected chi connectivity index (χ3v) is 5.95. The van der Waals surface area contributed by atoms with Gasteiger partial charge in [-0.1, -0.05) is 101 Å². The molecule has 3 nitrogen and oxygen atoms in total. The quantitative estimate of drug-likeness (QED) is 0.260. The third kappa shape index (κ3) is 8.88. The van der Waals surface area contributed by atoms with Gasteiger partial charge in [0.05, 0.1) is 23.5 Å². The number of aromatic nitrogens is 2. The molecule has 0 radical (unpaired) electrons. The number of rotatable bonds is 10. The van der Waals surface area contributed by atoms with Gasteiger partial charge in [0.1, 0.15) is 5.82 Å². The SMILES string of the molecule is C=C/C(=C\C=C/CC)c1ccc(CCc2ccc(-c3cnc(C(N)CC)[nH]3)cc2C(F)(F)F)cc1.CCC. The molecular weight excluding hydrogens is 483 g/mol. The van der Waals surface area contributed by atoms with Gasteiger partial charge in [0.25, 0.3) is 0 Å². The van der Waals surface area contributed by atoms with E-state index in [1.807, 2.05) is 43.3 Å². The summed E-state index contributed by atoms with van der Waals surface area (Å²) in [6.07, 6.45) is 8.61. The maximum atomic E-state index is 13.9. The lowest BCUT2D eigenvalue weighted by molar-refractivity contribution is -0.138. The smallest absolute Gasteiger partial charge is 0.341 e. The van der Waals surface area contributed by atoms with Gasteiger partial charge in [0, 0.05) is 5.56 Å². The van der Waals surface area contributed by atoms with Crippen molar-refractivity contribution in [2.75, 3.05) is 0 Å². The molecule has 0 amide bonds. The lowest BCUT2D eigenvalue weighted by atomic mass is 9.95. The van der Waals surface area contributed by atoms with Gasteiger partial charge < -0.3 is 10.7 Å². The molecular formula is C32H40F3N3. The van der Waals surface area contributed by atoms with Crippen LogP contribution in [0.15, 0.2) is 79.5 Å². The first-order valence-corrected chi connectivity index (χ1v) is 13.3. The van der Waals surface area contributed by atoms with Crippen molar-refractivity contribution in [3.05, 3.63) is 108 Å². The largest absolute Gasteiger partial charge is 0.416 e. The minimum absolute atomic E-state index is 0.270. The highest BCUT2D eigenvalue weighted by Gasteiger charge is 2.33. The monoisotopic (exact) mass is 523 g/mol. The van der Waals surface area contributed by atoms with Crippen LogP contribution in [0.25, 0.3) is 16.8 Å². The van der Waals surface area contributed by atoms with Gasteiger partial charge in [-0.2, -0.15) is 13.2 Å². The summed E-state index contributed by atoms with van der Waals surface area (Å²) < 4.78 is 41.7. The molecule has 0 aliphatic heterocycles. The number of nitrogens with zero attached hydrogens (tertiary/aromatic N) is 1. The topological polar surface area (TPSA) is 54.7 Å². The lowest BCUT2D eigenvalue weighted by Gasteiger charge is -2.15. The van der Waals surface area contributed by atoms with Crippen molar-refractivity contribution in [3.8, 4) is 11.3 Å². The van der Waals surface area contributed by atoms with E-state index in [0.29, 0.717) is 29.9 Å². The second-order valence-electron chi connectivity index (χ2n) is 9.13. The van der Waals surface area contributed by atoms with Gasteiger partial charge in [-0.25, -0.2) is 4.98 Å². The van der Waals surface area contributed by atoms with Crippen LogP contribution in [-0.4, -0.2) is 9.97 Å². The minimum atomic E-state index is -4.45. The number of hydrogen-bond donors (Lipinski definition) is 2. The zero-order chi connectivity index (χ0) is 28.1. The van der Waals surface area contributed by atoms with Gasteiger partial charge >= 0.3 is 6.18 Å². The summed E-state index contributed by atoms with van der Waals surface area (Å²) in [4.78, 5) is 7.28. The molecule has 0 aliphatic rings. The molecule has 6 heteroatoms. The van der Waals surface area contributed by atoms with Gasteiger partial charge in [0.15, 0.2) is 0 Å². The number of aromatic amines is 1. The van der Waals surface area contributed by atoms with E-state index < -0.39 is 11.7 Å². The average Bonchev–Trinajstić information content (AvgIpc) is 3.40. The molecule has 0 bridgehead atoms. The highest BCUT2D eigenvalue weighted by molar-refractivity contribution is 5.74. The highest BCUT2D eigenvalue weighted by atomic mass is 19.4. The summed E-state index contributed by atoms with van der Waals surface area (Å²) in [7, 11) is 0. The Hall–Kier alpha value is -3.38. The van der Waals surface area contributed by atoms with Crippen LogP contribution in [0.2, 0.25) is 0 Å². The molecule has 204 valence electrons. The van der Waals surface area contributed by atoms with Crippen LogP contribution in [0.4, 0.5) is 13.2 Å². The van der Waals surface area contributed by atoms with Crippen LogP contribution in [0, 0.1) is 0 Å². The van der Waals surface area contributed by atoms with Crippen molar-refractivity contribution >= 4 is 5.57 Å². The Balaban J connectivity index is 0.00000161. The normalized spacial score (nSPS) is 12.8. The second-order valence-corrected chi connectivity index (χ2v) is 9.13. The molecule has 3 N–H and O–H groups in total. The van der Waals surface area contributed by atoms with Crippen LogP contribution in [0.1, 0.15) is 81.1 Å². The molecule has 0 saturated carbocycles. The zero-order valence-electron chi connectivity index (χ0n) is 22.9. The standard InChI is InChI=1S/C29H32F3N3.C3H8/c1-4-7-8-9-21(5-2)22-13-10-20(11-14-22)12-15-23-16-17-24(18-25(23)29(30,31)32)27-19-34-28(35-27)26(33)6-3;1-3-2/h5,7-11,13-14,16-19,26H,2,4,6,12,15,33H2,1,3H3,(H,34,35);3H2,1-2H3/b8-7-,21-9+;. The van der Waals surface area contributed by atoms with Crippen molar-refractivity contribution in [3.63, 3.8) is 0 Å². The maximum absolute atomic E-state index is 13.9. The average molecular weight is 524 g/mol. The first kappa shape index (κ1) is 30.8. The number of imidazole rings is 1. The second kappa shape index (κ2) is 15.1. The van der Waals surface area contributed by atoms with E-state index in [4.69, 9.17) is 5.73 Å². The Morgan fingerprint density at radius 3 is 2.32 bits per heavy atom. The van der Waals surface area contributed by atoms with Crippen LogP contribution >= 0.6 is 0 Å². The fourth-order valence-electron chi connectivity index (χ4n) is 3.82. The fraction of sp³-hybridized carbons (Fsp3) is 0.344. The summed E-state index contributed by atoms with van der Waals surface area (Å²) in [6, 6.07) is 12.1. The number of nitrogens with one attached hydrogen (secondary N) is 1. The van der Waals surface area contributed by atoms with E-state index in [0.717, 1.165) is 23.1 Å². The summed E-state index contributed by atoms with van der Waals surface area (Å²) in [6.45, 7) is 12.1. The molecule has 1 heterocycles. The minimum Gasteiger partial charge on any atom is -0.341 e. The van der Waals surface area contributed by atoms with E-state index >= 15 is 0 Å². The highest BCUT2D eigenvalue weighted by Crippen LogP contribution is 2.35. The van der Waals surface area contributed by atoms with E-state index in [9.17, 15) is 13.2 Å². The molecule has 0 saturated heterocycles. The van der Waals surface area contributed by atoms with Crippen molar-refractivity contribution in [1.29, 1.82) is 0 Å². The van der Waals surface area contributed by atoms with Gasteiger partial charge in [0.2, 0.25) is 0 Å². The molecule has 1 aromatic heterocycles. The summed E-state index contributed by atoms with van der Waals surface area (Å²) in [5, 5.41) is 0. The first-order valence-electron chi connectivity index (χ1n) is 13.3. The molecule has 38 heavy (non-hydrogen) atoms. The van der Waals surface area contributed by atoms with Crippen molar-refractivity contribution in [2.24, 2.45) is 5.73 Å².